The maximum atomic E-state index is 10.9. The molecule has 0 radical (unpaired) electrons. The quantitative estimate of drug-likeness (QED) is 0.716. The highest BCUT2D eigenvalue weighted by Crippen LogP contribution is 2.13. The van der Waals surface area contributed by atoms with E-state index < -0.39 is 22.9 Å². The van der Waals surface area contributed by atoms with Gasteiger partial charge in [0, 0.05) is 16.6 Å². The lowest BCUT2D eigenvalue weighted by Crippen LogP contribution is -2.25. The molecular weight excluding hydrogens is 235 g/mol. The summed E-state index contributed by atoms with van der Waals surface area (Å²) in [7, 11) is 1.30. The van der Waals surface area contributed by atoms with Crippen molar-refractivity contribution in [1.82, 2.24) is 5.32 Å². The summed E-state index contributed by atoms with van der Waals surface area (Å²) in [5.41, 5.74) is 0. The Hall–Kier alpha value is -0.630. The van der Waals surface area contributed by atoms with Crippen LogP contribution in [0.1, 0.15) is 12.8 Å². The van der Waals surface area contributed by atoms with E-state index in [1.165, 1.54) is 0 Å². The molecule has 8 heteroatoms. The molecule has 2 unspecified atom stereocenters. The zero-order valence-electron chi connectivity index (χ0n) is 8.00. The van der Waals surface area contributed by atoms with Gasteiger partial charge >= 0.3 is 12.1 Å². The topological polar surface area (TPSA) is 66.4 Å². The van der Waals surface area contributed by atoms with E-state index in [-0.39, 0.29) is 5.37 Å². The first kappa shape index (κ1) is 14.4. The van der Waals surface area contributed by atoms with Gasteiger partial charge in [0.25, 0.3) is 0 Å². The molecule has 2 N–H and O–H groups in total. The molecule has 0 aromatic heterocycles. The summed E-state index contributed by atoms with van der Waals surface area (Å²) >= 11 is 0. The number of carbonyl (C=O) groups is 1. The smallest absolute Gasteiger partial charge is 0.475 e. The highest BCUT2D eigenvalue weighted by molar-refractivity contribution is 7.85. The largest absolute Gasteiger partial charge is 0.490 e. The molecule has 0 aromatic carbocycles. The lowest BCUT2D eigenvalue weighted by atomic mass is 10.3. The highest BCUT2D eigenvalue weighted by Gasteiger charge is 2.38. The van der Waals surface area contributed by atoms with Crippen LogP contribution in [-0.2, 0) is 15.6 Å². The van der Waals surface area contributed by atoms with Crippen molar-refractivity contribution < 1.29 is 27.3 Å². The molecule has 1 fully saturated rings. The maximum Gasteiger partial charge on any atom is 0.490 e. The van der Waals surface area contributed by atoms with Gasteiger partial charge in [0.15, 0.2) is 0 Å². The van der Waals surface area contributed by atoms with Crippen molar-refractivity contribution in [3.63, 3.8) is 0 Å². The third kappa shape index (κ3) is 5.73. The Kier molecular flexibility index (Phi) is 5.81. The van der Waals surface area contributed by atoms with E-state index in [1.807, 2.05) is 7.05 Å². The Morgan fingerprint density at radius 2 is 2.00 bits per heavy atom. The molecule has 2 atom stereocenters. The van der Waals surface area contributed by atoms with Gasteiger partial charge in [-0.15, -0.1) is 0 Å². The van der Waals surface area contributed by atoms with Crippen molar-refractivity contribution in [2.45, 2.75) is 24.4 Å². The molecule has 0 aliphatic carbocycles. The number of aliphatic carboxylic acids is 1. The molecular formula is C7H12F3NO3S. The van der Waals surface area contributed by atoms with E-state index in [9.17, 15) is 17.4 Å². The van der Waals surface area contributed by atoms with Gasteiger partial charge in [-0.2, -0.15) is 13.2 Å². The Labute approximate surface area is 87.3 Å². The molecule has 0 bridgehead atoms. The van der Waals surface area contributed by atoms with Crippen LogP contribution in [0.3, 0.4) is 0 Å². The molecule has 0 saturated carbocycles. The second-order valence-corrected chi connectivity index (χ2v) is 4.55. The fourth-order valence-corrected chi connectivity index (χ4v) is 2.39. The molecule has 0 amide bonds. The number of alkyl halides is 3. The van der Waals surface area contributed by atoms with Crippen molar-refractivity contribution in [3.8, 4) is 0 Å². The second-order valence-electron chi connectivity index (χ2n) is 2.81. The van der Waals surface area contributed by atoms with Crippen LogP contribution < -0.4 is 5.32 Å². The van der Waals surface area contributed by atoms with Crippen molar-refractivity contribution in [2.75, 3.05) is 12.8 Å². The van der Waals surface area contributed by atoms with Gasteiger partial charge in [-0.05, 0) is 19.9 Å². The van der Waals surface area contributed by atoms with Crippen molar-refractivity contribution in [3.05, 3.63) is 0 Å². The van der Waals surface area contributed by atoms with Gasteiger partial charge in [0.05, 0.1) is 5.37 Å². The molecule has 90 valence electrons. The number of carboxylic acid groups (broad SMARTS) is 1. The first-order valence-corrected chi connectivity index (χ1v) is 5.51. The van der Waals surface area contributed by atoms with Gasteiger partial charge in [-0.3, -0.25) is 4.21 Å². The van der Waals surface area contributed by atoms with Gasteiger partial charge in [-0.25, -0.2) is 4.79 Å². The monoisotopic (exact) mass is 247 g/mol. The predicted octanol–water partition coefficient (Wildman–Crippen LogP) is 0.708. The first-order valence-electron chi connectivity index (χ1n) is 4.13. The summed E-state index contributed by atoms with van der Waals surface area (Å²) in [6.07, 6.45) is -2.87. The Balaban J connectivity index is 0.000000265. The molecule has 0 spiro atoms. The van der Waals surface area contributed by atoms with Crippen LogP contribution in [0.2, 0.25) is 0 Å². The zero-order valence-corrected chi connectivity index (χ0v) is 8.82. The van der Waals surface area contributed by atoms with E-state index in [4.69, 9.17) is 9.90 Å². The number of halogens is 3. The van der Waals surface area contributed by atoms with E-state index in [1.54, 1.807) is 0 Å². The normalized spacial score (nSPS) is 25.6. The molecule has 1 heterocycles. The van der Waals surface area contributed by atoms with E-state index in [2.05, 4.69) is 5.32 Å². The number of hydrogen-bond acceptors (Lipinski definition) is 3. The summed E-state index contributed by atoms with van der Waals surface area (Å²) in [6, 6.07) is 0. The Bertz CT molecular complexity index is 244. The van der Waals surface area contributed by atoms with Crippen molar-refractivity contribution in [1.29, 1.82) is 0 Å². The predicted molar refractivity (Wildman–Crippen MR) is 48.8 cm³/mol. The van der Waals surface area contributed by atoms with Crippen LogP contribution in [0.25, 0.3) is 0 Å². The molecule has 4 nitrogen and oxygen atoms in total. The summed E-state index contributed by atoms with van der Waals surface area (Å²) in [5.74, 6) is -1.86. The molecule has 1 saturated heterocycles. The average molecular weight is 247 g/mol. The number of rotatable bonds is 1. The SMILES string of the molecule is CNC1CCCS1=O.O=C(O)C(F)(F)F. The standard InChI is InChI=1S/C5H11NOS.C2HF3O2/c1-6-5-3-2-4-8(5)7;3-2(4,5)1(6)7/h5-6H,2-4H2,1H3;(H,6,7). The fourth-order valence-electron chi connectivity index (χ4n) is 0.960. The van der Waals surface area contributed by atoms with E-state index in [0.717, 1.165) is 18.6 Å². The number of nitrogens with one attached hydrogen (secondary N) is 1. The molecule has 0 aromatic rings. The van der Waals surface area contributed by atoms with Gasteiger partial charge in [0.1, 0.15) is 0 Å². The molecule has 1 aliphatic heterocycles. The van der Waals surface area contributed by atoms with Gasteiger partial charge in [0.2, 0.25) is 0 Å². The lowest BCUT2D eigenvalue weighted by molar-refractivity contribution is -0.192. The minimum Gasteiger partial charge on any atom is -0.475 e. The first-order chi connectivity index (χ1) is 6.79. The average Bonchev–Trinajstić information content (AvgIpc) is 2.50. The summed E-state index contributed by atoms with van der Waals surface area (Å²) in [6.45, 7) is 0. The van der Waals surface area contributed by atoms with Crippen LogP contribution >= 0.6 is 0 Å². The van der Waals surface area contributed by atoms with Gasteiger partial charge < -0.3 is 10.4 Å². The molecule has 1 aliphatic rings. The molecule has 1 rings (SSSR count). The van der Waals surface area contributed by atoms with Crippen LogP contribution in [0.15, 0.2) is 0 Å². The summed E-state index contributed by atoms with van der Waals surface area (Å²) in [4.78, 5) is 8.90. The third-order valence-corrected chi connectivity index (χ3v) is 3.49. The third-order valence-electron chi connectivity index (χ3n) is 1.69. The second kappa shape index (κ2) is 6.06. The van der Waals surface area contributed by atoms with E-state index >= 15 is 0 Å². The van der Waals surface area contributed by atoms with E-state index in [0.29, 0.717) is 0 Å². The lowest BCUT2D eigenvalue weighted by Gasteiger charge is -2.02. The Morgan fingerprint density at radius 3 is 2.13 bits per heavy atom. The van der Waals surface area contributed by atoms with Crippen LogP contribution in [-0.4, -0.2) is 39.6 Å². The zero-order chi connectivity index (χ0) is 12.1. The fraction of sp³-hybridized carbons (Fsp3) is 0.857. The minimum absolute atomic E-state index is 0.287. The summed E-state index contributed by atoms with van der Waals surface area (Å²) in [5, 5.41) is 10.4. The van der Waals surface area contributed by atoms with Gasteiger partial charge in [-0.1, -0.05) is 0 Å². The van der Waals surface area contributed by atoms with Crippen molar-refractivity contribution >= 4 is 16.8 Å². The van der Waals surface area contributed by atoms with Crippen LogP contribution in [0, 0.1) is 0 Å². The van der Waals surface area contributed by atoms with Crippen molar-refractivity contribution in [2.24, 2.45) is 0 Å². The van der Waals surface area contributed by atoms with Crippen LogP contribution in [0.5, 0.6) is 0 Å². The number of hydrogen-bond donors (Lipinski definition) is 2. The minimum atomic E-state index is -5.08. The number of carboxylic acids is 1. The van der Waals surface area contributed by atoms with Crippen LogP contribution in [0.4, 0.5) is 13.2 Å². The molecule has 15 heavy (non-hydrogen) atoms. The Morgan fingerprint density at radius 1 is 1.53 bits per heavy atom. The maximum absolute atomic E-state index is 10.9. The highest BCUT2D eigenvalue weighted by atomic mass is 32.2. The summed E-state index contributed by atoms with van der Waals surface area (Å²) < 4.78 is 42.6.